The van der Waals surface area contributed by atoms with Crippen LogP contribution >= 0.6 is 0 Å². The van der Waals surface area contributed by atoms with Crippen LogP contribution in [0, 0.1) is 23.7 Å². The van der Waals surface area contributed by atoms with Gasteiger partial charge in [0, 0.05) is 58.2 Å². The van der Waals surface area contributed by atoms with Gasteiger partial charge in [-0.3, -0.25) is 4.79 Å². The molecule has 0 aromatic heterocycles. The summed E-state index contributed by atoms with van der Waals surface area (Å²) in [6.07, 6.45) is 2.11. The van der Waals surface area contributed by atoms with Crippen LogP contribution in [0.15, 0.2) is 47.1 Å². The zero-order chi connectivity index (χ0) is 44.8. The van der Waals surface area contributed by atoms with E-state index in [-0.39, 0.29) is 43.3 Å². The molecule has 0 unspecified atom stereocenters. The van der Waals surface area contributed by atoms with Crippen LogP contribution in [-0.2, 0) is 52.2 Å². The Bertz CT molecular complexity index is 1700. The molecule has 1 aliphatic carbocycles. The van der Waals surface area contributed by atoms with Gasteiger partial charge in [-0.05, 0) is 56.8 Å². The summed E-state index contributed by atoms with van der Waals surface area (Å²) in [5.74, 6) is -3.24. The van der Waals surface area contributed by atoms with Gasteiger partial charge < -0.3 is 67.8 Å². The third-order valence-corrected chi connectivity index (χ3v) is 14.5. The maximum absolute atomic E-state index is 14.3. The predicted octanol–water partition coefficient (Wildman–Crippen LogP) is 4.18. The number of fused-ring (bicyclic) bond motifs is 2. The van der Waals surface area contributed by atoms with E-state index in [4.69, 9.17) is 47.4 Å². The normalized spacial score (nSPS) is 50.2. The average Bonchev–Trinajstić information content (AvgIpc) is 3.56. The lowest BCUT2D eigenvalue weighted by Crippen LogP contribution is -2.60. The fourth-order valence-corrected chi connectivity index (χ4v) is 10.9. The van der Waals surface area contributed by atoms with Crippen molar-refractivity contribution < 1.29 is 72.6 Å². The van der Waals surface area contributed by atoms with Crippen LogP contribution in [0.5, 0.6) is 0 Å². The molecule has 0 aromatic rings. The molecule has 5 saturated heterocycles. The van der Waals surface area contributed by atoms with Gasteiger partial charge >= 0.3 is 5.97 Å². The minimum Gasteiger partial charge on any atom is -0.462 e. The van der Waals surface area contributed by atoms with Gasteiger partial charge in [-0.25, -0.2) is 0 Å². The van der Waals surface area contributed by atoms with Crippen LogP contribution in [-0.4, -0.2) is 151 Å². The maximum atomic E-state index is 14.3. The van der Waals surface area contributed by atoms with Crippen molar-refractivity contribution in [3.63, 3.8) is 0 Å². The number of ether oxygens (including phenoxy) is 10. The van der Waals surface area contributed by atoms with E-state index in [1.54, 1.807) is 40.2 Å². The molecule has 7 rings (SSSR count). The first-order valence-corrected chi connectivity index (χ1v) is 22.7. The minimum atomic E-state index is -1.87. The molecule has 0 radical (unpaired) electrons. The highest BCUT2D eigenvalue weighted by Gasteiger charge is 2.60. The molecular weight excluding hydrogens is 805 g/mol. The topological polar surface area (TPSA) is 190 Å². The van der Waals surface area contributed by atoms with E-state index >= 15 is 0 Å². The van der Waals surface area contributed by atoms with E-state index < -0.39 is 109 Å². The van der Waals surface area contributed by atoms with Crippen molar-refractivity contribution >= 4 is 5.97 Å². The molecule has 15 nitrogen and oxygen atoms in total. The van der Waals surface area contributed by atoms with Gasteiger partial charge in [-0.2, -0.15) is 0 Å². The number of allylic oxidation sites excluding steroid dienone is 2. The molecule has 15 heteroatoms. The van der Waals surface area contributed by atoms with E-state index in [1.807, 2.05) is 39.8 Å². The number of aliphatic hydroxyl groups excluding tert-OH is 3. The SMILES string of the molecule is CO[C@H]1C[C@H](O[C@H]2[C@H](C)O[C@@H](O[C@@H]3/C(C)=C/C[C@@H]4C[C@H](C[C@]5(C[C@H](O)[C@H](C)[C@@H](C(C)C)O5)O4)OC(=O)[C@@H]4C=C(C)[C@@H](O)[C@@H]5OC/C(=C/C=C/[C@@H]3C)[C@]45O)C[C@@H]2OC)O[C@@H](C)[C@@H]1O. The van der Waals surface area contributed by atoms with Crippen molar-refractivity contribution in [1.29, 1.82) is 0 Å². The zero-order valence-electron chi connectivity index (χ0n) is 38.1. The van der Waals surface area contributed by atoms with Crippen molar-refractivity contribution in [3.8, 4) is 0 Å². The first-order valence-electron chi connectivity index (χ1n) is 22.7. The average molecular weight is 877 g/mol. The van der Waals surface area contributed by atoms with Crippen LogP contribution in [0.25, 0.3) is 0 Å². The first-order chi connectivity index (χ1) is 29.4. The van der Waals surface area contributed by atoms with E-state index in [0.29, 0.717) is 36.8 Å². The second kappa shape index (κ2) is 19.4. The highest BCUT2D eigenvalue weighted by atomic mass is 16.7. The quantitative estimate of drug-likeness (QED) is 0.210. The Balaban J connectivity index is 1.18. The Morgan fingerprint density at radius 3 is 2.26 bits per heavy atom. The van der Waals surface area contributed by atoms with Crippen molar-refractivity contribution in [2.75, 3.05) is 20.8 Å². The van der Waals surface area contributed by atoms with Crippen LogP contribution < -0.4 is 0 Å². The van der Waals surface area contributed by atoms with E-state index in [1.165, 1.54) is 0 Å². The number of carbonyl (C=O) groups is 1. The van der Waals surface area contributed by atoms with Crippen LogP contribution in [0.2, 0.25) is 0 Å². The summed E-state index contributed by atoms with van der Waals surface area (Å²) in [6.45, 7) is 15.6. The van der Waals surface area contributed by atoms with Crippen LogP contribution in [0.4, 0.5) is 0 Å². The number of rotatable bonds is 7. The number of aliphatic hydroxyl groups is 4. The van der Waals surface area contributed by atoms with Crippen molar-refractivity contribution in [3.05, 3.63) is 47.1 Å². The lowest BCUT2D eigenvalue weighted by molar-refractivity contribution is -0.353. The standard InChI is InChI=1S/C47H72O15/c1-23(2)41-27(6)34(48)21-46(62-41)20-32-17-31(61-46)15-14-25(4)42(24(3)12-11-13-30-22-55-44-39(49)26(5)16-33(45(51)58-32)47(30,44)52)59-38-19-36(54-10)43(29(8)57-38)60-37-18-35(53-9)40(50)28(7)56-37/h11-14,16,23-24,27-29,31-44,48-50,52H,15,17-22H2,1-10H3/b12-11+,25-14+,30-13-/t24-,27-,28-,29-,31+,32+,33-,34-,35-,36-,37-,38-,39+,40-,41+,42-,43-,44-,46-,47-/m0/s1. The molecule has 0 aromatic carbocycles. The molecule has 5 fully saturated rings. The smallest absolute Gasteiger partial charge is 0.316 e. The Labute approximate surface area is 366 Å². The highest BCUT2D eigenvalue weighted by molar-refractivity contribution is 5.78. The summed E-state index contributed by atoms with van der Waals surface area (Å²) >= 11 is 0. The van der Waals surface area contributed by atoms with Gasteiger partial charge in [-0.1, -0.05) is 58.1 Å². The van der Waals surface area contributed by atoms with E-state index in [9.17, 15) is 25.2 Å². The molecule has 0 saturated carbocycles. The molecule has 1 spiro atoms. The number of carbonyl (C=O) groups excluding carboxylic acids is 1. The first kappa shape index (κ1) is 47.9. The fourth-order valence-electron chi connectivity index (χ4n) is 10.9. The monoisotopic (exact) mass is 876 g/mol. The second-order valence-corrected chi connectivity index (χ2v) is 19.3. The van der Waals surface area contributed by atoms with Gasteiger partial charge in [0.25, 0.3) is 0 Å². The third kappa shape index (κ3) is 9.58. The zero-order valence-corrected chi connectivity index (χ0v) is 38.1. The molecule has 6 aliphatic heterocycles. The number of esters is 1. The fraction of sp³-hybridized carbons (Fsp3) is 0.809. The summed E-state index contributed by atoms with van der Waals surface area (Å²) in [5.41, 5.74) is 0.0192. The highest BCUT2D eigenvalue weighted by Crippen LogP contribution is 2.48. The molecule has 350 valence electrons. The summed E-state index contributed by atoms with van der Waals surface area (Å²) in [5, 5.41) is 45.6. The van der Waals surface area contributed by atoms with Crippen molar-refractivity contribution in [1.82, 2.24) is 0 Å². The number of methoxy groups -OCH3 is 2. The Hall–Kier alpha value is -2.09. The molecule has 20 atom stereocenters. The van der Waals surface area contributed by atoms with Gasteiger partial charge in [0.15, 0.2) is 18.4 Å². The lowest BCUT2D eigenvalue weighted by atomic mass is 9.71. The maximum Gasteiger partial charge on any atom is 0.316 e. The second-order valence-electron chi connectivity index (χ2n) is 19.3. The van der Waals surface area contributed by atoms with Crippen LogP contribution in [0.1, 0.15) is 93.9 Å². The third-order valence-electron chi connectivity index (χ3n) is 14.5. The number of hydrogen-bond acceptors (Lipinski definition) is 15. The van der Waals surface area contributed by atoms with Crippen LogP contribution in [0.3, 0.4) is 0 Å². The van der Waals surface area contributed by atoms with Gasteiger partial charge in [0.1, 0.15) is 42.0 Å². The summed E-state index contributed by atoms with van der Waals surface area (Å²) < 4.78 is 63.4. The largest absolute Gasteiger partial charge is 0.462 e. The Morgan fingerprint density at radius 1 is 0.855 bits per heavy atom. The predicted molar refractivity (Wildman–Crippen MR) is 224 cm³/mol. The van der Waals surface area contributed by atoms with Crippen molar-refractivity contribution in [2.45, 2.75) is 197 Å². The molecule has 62 heavy (non-hydrogen) atoms. The summed E-state index contributed by atoms with van der Waals surface area (Å²) in [7, 11) is 3.20. The Morgan fingerprint density at radius 2 is 1.55 bits per heavy atom. The molecule has 0 amide bonds. The summed E-state index contributed by atoms with van der Waals surface area (Å²) in [4.78, 5) is 14.3. The van der Waals surface area contributed by atoms with Gasteiger partial charge in [-0.15, -0.1) is 0 Å². The van der Waals surface area contributed by atoms with E-state index in [0.717, 1.165) is 5.57 Å². The summed E-state index contributed by atoms with van der Waals surface area (Å²) in [6, 6.07) is 0. The van der Waals surface area contributed by atoms with Gasteiger partial charge in [0.2, 0.25) is 0 Å². The molecule has 4 N–H and O–H groups in total. The molecule has 2 bridgehead atoms. The minimum absolute atomic E-state index is 0.0105. The molecule has 7 aliphatic rings. The van der Waals surface area contributed by atoms with Crippen molar-refractivity contribution in [2.24, 2.45) is 23.7 Å². The Kier molecular flexibility index (Phi) is 15.0. The van der Waals surface area contributed by atoms with Gasteiger partial charge in [0.05, 0.1) is 55.4 Å². The lowest BCUT2D eigenvalue weighted by Gasteiger charge is -2.52. The van der Waals surface area contributed by atoms with E-state index in [2.05, 4.69) is 19.9 Å². The molecule has 6 heterocycles. The number of hydrogen-bond donors (Lipinski definition) is 4. The molecular formula is C47H72O15.